The van der Waals surface area contributed by atoms with E-state index in [0.717, 1.165) is 38.5 Å². The van der Waals surface area contributed by atoms with Crippen LogP contribution in [0, 0.1) is 0 Å². The average Bonchev–Trinajstić information content (AvgIpc) is 3.11. The number of sulfonamides is 2. The summed E-state index contributed by atoms with van der Waals surface area (Å²) >= 11 is 0. The van der Waals surface area contributed by atoms with Crippen LogP contribution in [0.4, 0.5) is 0 Å². The van der Waals surface area contributed by atoms with E-state index in [1.54, 1.807) is 24.3 Å². The van der Waals surface area contributed by atoms with Gasteiger partial charge in [0.1, 0.15) is 0 Å². The largest absolute Gasteiger partial charge is 0.289 e. The van der Waals surface area contributed by atoms with Gasteiger partial charge in [0.25, 0.3) is 0 Å². The van der Waals surface area contributed by atoms with Crippen molar-refractivity contribution >= 4 is 25.8 Å². The molecule has 32 heavy (non-hydrogen) atoms. The fourth-order valence-electron chi connectivity index (χ4n) is 4.87. The van der Waals surface area contributed by atoms with Gasteiger partial charge < -0.3 is 0 Å². The maximum atomic E-state index is 13.2. The molecule has 0 bridgehead atoms. The number of rotatable bonds is 4. The second-order valence-corrected chi connectivity index (χ2v) is 12.5. The highest BCUT2D eigenvalue weighted by Crippen LogP contribution is 2.39. The third-order valence-corrected chi connectivity index (χ3v) is 10.5. The maximum absolute atomic E-state index is 13.2. The van der Waals surface area contributed by atoms with E-state index in [4.69, 9.17) is 0 Å². The first-order valence-corrected chi connectivity index (χ1v) is 14.0. The number of fused-ring (bicyclic) bond motifs is 3. The molecule has 2 heterocycles. The molecule has 2 aliphatic heterocycles. The van der Waals surface area contributed by atoms with Crippen molar-refractivity contribution in [2.45, 2.75) is 48.3 Å². The maximum Gasteiger partial charge on any atom is 0.243 e. The van der Waals surface area contributed by atoms with Crippen LogP contribution in [0.25, 0.3) is 11.1 Å². The summed E-state index contributed by atoms with van der Waals surface area (Å²) in [5, 5.41) is 0. The van der Waals surface area contributed by atoms with E-state index in [1.165, 1.54) is 20.7 Å². The number of ketones is 1. The molecule has 0 radical (unpaired) electrons. The summed E-state index contributed by atoms with van der Waals surface area (Å²) in [7, 11) is -7.32. The van der Waals surface area contributed by atoms with Gasteiger partial charge in [-0.3, -0.25) is 4.79 Å². The van der Waals surface area contributed by atoms with Crippen LogP contribution in [0.2, 0.25) is 0 Å². The third-order valence-electron chi connectivity index (χ3n) is 6.67. The fourth-order valence-corrected chi connectivity index (χ4v) is 7.95. The molecule has 0 unspecified atom stereocenters. The summed E-state index contributed by atoms with van der Waals surface area (Å²) in [5.41, 5.74) is 1.91. The van der Waals surface area contributed by atoms with Crippen molar-refractivity contribution in [2.24, 2.45) is 0 Å². The Labute approximate surface area is 189 Å². The van der Waals surface area contributed by atoms with Crippen molar-refractivity contribution in [3.8, 4) is 11.1 Å². The highest BCUT2D eigenvalue weighted by atomic mass is 32.2. The first kappa shape index (κ1) is 21.8. The van der Waals surface area contributed by atoms with Gasteiger partial charge in [-0.2, -0.15) is 8.61 Å². The molecule has 2 saturated heterocycles. The first-order chi connectivity index (χ1) is 15.3. The minimum absolute atomic E-state index is 0.112. The summed E-state index contributed by atoms with van der Waals surface area (Å²) in [4.78, 5) is 13.4. The highest BCUT2D eigenvalue weighted by molar-refractivity contribution is 7.89. The quantitative estimate of drug-likeness (QED) is 0.579. The van der Waals surface area contributed by atoms with E-state index in [2.05, 4.69) is 0 Å². The van der Waals surface area contributed by atoms with Gasteiger partial charge in [0, 0.05) is 37.3 Å². The van der Waals surface area contributed by atoms with E-state index < -0.39 is 20.0 Å². The summed E-state index contributed by atoms with van der Waals surface area (Å²) in [6.45, 7) is 1.97. The van der Waals surface area contributed by atoms with Gasteiger partial charge in [-0.05, 0) is 61.1 Å². The molecule has 9 heteroatoms. The number of carbonyl (C=O) groups is 1. The Bertz CT molecular complexity index is 1190. The van der Waals surface area contributed by atoms with Crippen LogP contribution in [-0.2, 0) is 20.0 Å². The molecule has 5 rings (SSSR count). The zero-order valence-corrected chi connectivity index (χ0v) is 19.4. The molecule has 0 atom stereocenters. The van der Waals surface area contributed by atoms with Crippen molar-refractivity contribution in [1.82, 2.24) is 8.61 Å². The Hall–Kier alpha value is -2.07. The Kier molecular flexibility index (Phi) is 5.48. The lowest BCUT2D eigenvalue weighted by atomic mass is 10.1. The molecule has 0 spiro atoms. The Morgan fingerprint density at radius 3 is 1.28 bits per heavy atom. The van der Waals surface area contributed by atoms with E-state index >= 15 is 0 Å². The summed E-state index contributed by atoms with van der Waals surface area (Å²) in [6, 6.07) is 9.30. The standard InChI is InChI=1S/C23H26N2O5S2/c26-23-21-15-17(31(27,28)24-11-3-1-4-12-24)7-9-19(21)20-10-8-18(16-22(20)23)32(29,30)25-13-5-2-6-14-25/h7-10,15-16H,1-6,11-14H2. The minimum atomic E-state index is -3.66. The number of hydrogen-bond donors (Lipinski definition) is 0. The van der Waals surface area contributed by atoms with Crippen LogP contribution in [0.3, 0.4) is 0 Å². The van der Waals surface area contributed by atoms with Crippen molar-refractivity contribution in [3.63, 3.8) is 0 Å². The lowest BCUT2D eigenvalue weighted by Gasteiger charge is -2.26. The van der Waals surface area contributed by atoms with Crippen LogP contribution in [-0.4, -0.2) is 57.4 Å². The van der Waals surface area contributed by atoms with Gasteiger partial charge >= 0.3 is 0 Å². The van der Waals surface area contributed by atoms with Crippen LogP contribution in [0.5, 0.6) is 0 Å². The van der Waals surface area contributed by atoms with Gasteiger partial charge in [-0.15, -0.1) is 0 Å². The van der Waals surface area contributed by atoms with Crippen LogP contribution >= 0.6 is 0 Å². The van der Waals surface area contributed by atoms with E-state index in [1.807, 2.05) is 0 Å². The minimum Gasteiger partial charge on any atom is -0.289 e. The van der Waals surface area contributed by atoms with E-state index in [9.17, 15) is 21.6 Å². The number of benzene rings is 2. The number of carbonyl (C=O) groups excluding carboxylic acids is 1. The summed E-state index contributed by atoms with van der Waals surface area (Å²) in [5.74, 6) is -0.332. The Morgan fingerprint density at radius 1 is 0.531 bits per heavy atom. The Balaban J connectivity index is 1.50. The zero-order chi connectivity index (χ0) is 22.5. The SMILES string of the molecule is O=C1c2cc(S(=O)(=O)N3CCCCC3)ccc2-c2ccc(S(=O)(=O)N3CCCCC3)cc21. The van der Waals surface area contributed by atoms with Gasteiger partial charge in [0.15, 0.2) is 5.78 Å². The molecule has 0 aromatic heterocycles. The molecule has 3 aliphatic rings. The number of nitrogens with zero attached hydrogens (tertiary/aromatic N) is 2. The van der Waals surface area contributed by atoms with Gasteiger partial charge in [-0.1, -0.05) is 25.0 Å². The number of hydrogen-bond acceptors (Lipinski definition) is 5. The predicted molar refractivity (Wildman–Crippen MR) is 121 cm³/mol. The topological polar surface area (TPSA) is 91.8 Å². The van der Waals surface area contributed by atoms with E-state index in [0.29, 0.717) is 48.4 Å². The number of piperidine rings is 2. The van der Waals surface area contributed by atoms with Crippen LogP contribution in [0.15, 0.2) is 46.2 Å². The third kappa shape index (κ3) is 3.51. The second-order valence-electron chi connectivity index (χ2n) is 8.67. The van der Waals surface area contributed by atoms with Crippen molar-refractivity contribution in [2.75, 3.05) is 26.2 Å². The lowest BCUT2D eigenvalue weighted by Crippen LogP contribution is -2.35. The molecule has 7 nitrogen and oxygen atoms in total. The average molecular weight is 475 g/mol. The van der Waals surface area contributed by atoms with Crippen molar-refractivity contribution in [1.29, 1.82) is 0 Å². The monoisotopic (exact) mass is 474 g/mol. The first-order valence-electron chi connectivity index (χ1n) is 11.1. The zero-order valence-electron chi connectivity index (χ0n) is 17.8. The molecule has 170 valence electrons. The van der Waals surface area contributed by atoms with E-state index in [-0.39, 0.29) is 15.6 Å². The molecular formula is C23H26N2O5S2. The molecule has 2 aromatic carbocycles. The highest BCUT2D eigenvalue weighted by Gasteiger charge is 2.33. The molecular weight excluding hydrogens is 448 g/mol. The lowest BCUT2D eigenvalue weighted by molar-refractivity contribution is 0.104. The molecule has 0 N–H and O–H groups in total. The Morgan fingerprint density at radius 2 is 0.906 bits per heavy atom. The summed E-state index contributed by atoms with van der Waals surface area (Å²) in [6.07, 6.45) is 5.39. The molecule has 0 saturated carbocycles. The molecule has 0 amide bonds. The van der Waals surface area contributed by atoms with Crippen molar-refractivity contribution < 1.29 is 21.6 Å². The van der Waals surface area contributed by atoms with Crippen LogP contribution in [0.1, 0.15) is 54.4 Å². The molecule has 1 aliphatic carbocycles. The van der Waals surface area contributed by atoms with Gasteiger partial charge in [0.2, 0.25) is 20.0 Å². The smallest absolute Gasteiger partial charge is 0.243 e. The predicted octanol–water partition coefficient (Wildman–Crippen LogP) is 3.25. The molecule has 2 aromatic rings. The normalized spacial score (nSPS) is 20.2. The molecule has 2 fully saturated rings. The summed E-state index contributed by atoms with van der Waals surface area (Å²) < 4.78 is 55.2. The second kappa shape index (κ2) is 8.06. The van der Waals surface area contributed by atoms with Crippen LogP contribution < -0.4 is 0 Å². The van der Waals surface area contributed by atoms with Crippen molar-refractivity contribution in [3.05, 3.63) is 47.5 Å². The van der Waals surface area contributed by atoms with Gasteiger partial charge in [0.05, 0.1) is 9.79 Å². The van der Waals surface area contributed by atoms with Gasteiger partial charge in [-0.25, -0.2) is 16.8 Å². The fraction of sp³-hybridized carbons (Fsp3) is 0.435.